The summed E-state index contributed by atoms with van der Waals surface area (Å²) in [5, 5.41) is 6.53. The Bertz CT molecular complexity index is 428. The molecule has 2 saturated heterocycles. The van der Waals surface area contributed by atoms with E-state index in [0.717, 1.165) is 13.0 Å². The number of hydrogen-bond donors (Lipinski definition) is 2. The molecular formula is C18H35F3IN5. The van der Waals surface area contributed by atoms with Crippen LogP contribution in [0.4, 0.5) is 13.2 Å². The molecule has 27 heavy (non-hydrogen) atoms. The first-order valence-electron chi connectivity index (χ1n) is 9.95. The molecule has 160 valence electrons. The Morgan fingerprint density at radius 2 is 1.78 bits per heavy atom. The number of unbranched alkanes of at least 4 members (excludes halogenated alkanes) is 2. The van der Waals surface area contributed by atoms with E-state index in [4.69, 9.17) is 0 Å². The fourth-order valence-electron chi connectivity index (χ4n) is 3.76. The van der Waals surface area contributed by atoms with E-state index >= 15 is 0 Å². The summed E-state index contributed by atoms with van der Waals surface area (Å²) in [6, 6.07) is 0.0302. The van der Waals surface area contributed by atoms with Crippen molar-refractivity contribution in [3.63, 3.8) is 0 Å². The maximum Gasteiger partial charge on any atom is 0.401 e. The Hall–Kier alpha value is -0.290. The number of guanidine groups is 1. The Balaban J connectivity index is 0.00000364. The van der Waals surface area contributed by atoms with E-state index in [1.54, 1.807) is 7.05 Å². The molecule has 1 unspecified atom stereocenters. The maximum absolute atomic E-state index is 12.4. The average Bonchev–Trinajstić information content (AvgIpc) is 3.02. The third kappa shape index (κ3) is 10.7. The van der Waals surface area contributed by atoms with Crippen molar-refractivity contribution in [3.05, 3.63) is 0 Å². The van der Waals surface area contributed by atoms with Crippen molar-refractivity contribution < 1.29 is 13.2 Å². The van der Waals surface area contributed by atoms with Crippen molar-refractivity contribution in [2.45, 2.75) is 57.2 Å². The van der Waals surface area contributed by atoms with Gasteiger partial charge in [0.1, 0.15) is 0 Å². The lowest BCUT2D eigenvalue weighted by molar-refractivity contribution is -0.143. The van der Waals surface area contributed by atoms with Crippen LogP contribution in [0.25, 0.3) is 0 Å². The molecule has 1 atom stereocenters. The third-order valence-corrected chi connectivity index (χ3v) is 5.13. The van der Waals surface area contributed by atoms with E-state index in [-0.39, 0.29) is 30.0 Å². The molecule has 2 N–H and O–H groups in total. The maximum atomic E-state index is 12.4. The van der Waals surface area contributed by atoms with Gasteiger partial charge in [0.2, 0.25) is 0 Å². The summed E-state index contributed by atoms with van der Waals surface area (Å²) in [7, 11) is 1.70. The molecule has 0 bridgehead atoms. The molecule has 0 aromatic rings. The summed E-state index contributed by atoms with van der Waals surface area (Å²) >= 11 is 0. The first-order chi connectivity index (χ1) is 12.5. The number of aliphatic imine (C=N–C) groups is 1. The van der Waals surface area contributed by atoms with Crippen LogP contribution < -0.4 is 10.6 Å². The van der Waals surface area contributed by atoms with Gasteiger partial charge in [-0.25, -0.2) is 0 Å². The standard InChI is InChI=1S/C18H34F3N5.HI/c1-22-17(24-16-8-13-26(14-16)15-18(19,20)21)23-9-4-2-5-10-25-11-6-3-7-12-25;/h16H,2-15H2,1H3,(H2,22,23,24);1H. The molecule has 0 aromatic heterocycles. The Labute approximate surface area is 178 Å². The number of hydrogen-bond acceptors (Lipinski definition) is 3. The van der Waals surface area contributed by atoms with Crippen LogP contribution in [0.5, 0.6) is 0 Å². The van der Waals surface area contributed by atoms with E-state index in [9.17, 15) is 13.2 Å². The van der Waals surface area contributed by atoms with E-state index in [2.05, 4.69) is 20.5 Å². The van der Waals surface area contributed by atoms with Crippen molar-refractivity contribution in [2.75, 3.05) is 52.9 Å². The fraction of sp³-hybridized carbons (Fsp3) is 0.944. The van der Waals surface area contributed by atoms with Gasteiger partial charge in [0, 0.05) is 32.7 Å². The van der Waals surface area contributed by atoms with Gasteiger partial charge in [-0.2, -0.15) is 13.2 Å². The van der Waals surface area contributed by atoms with Crippen LogP contribution in [-0.2, 0) is 0 Å². The van der Waals surface area contributed by atoms with Crippen molar-refractivity contribution in [3.8, 4) is 0 Å². The molecule has 2 rings (SSSR count). The molecule has 0 aromatic carbocycles. The molecule has 2 aliphatic rings. The van der Waals surface area contributed by atoms with Gasteiger partial charge in [-0.1, -0.05) is 12.8 Å². The van der Waals surface area contributed by atoms with Crippen molar-refractivity contribution in [1.29, 1.82) is 0 Å². The normalized spacial score (nSPS) is 22.5. The second-order valence-corrected chi connectivity index (χ2v) is 7.44. The number of nitrogens with zero attached hydrogens (tertiary/aromatic N) is 3. The number of likely N-dealkylation sites (tertiary alicyclic amines) is 2. The molecule has 0 amide bonds. The summed E-state index contributed by atoms with van der Waals surface area (Å²) in [6.07, 6.45) is 4.14. The number of alkyl halides is 3. The highest BCUT2D eigenvalue weighted by Gasteiger charge is 2.34. The Morgan fingerprint density at radius 1 is 1.04 bits per heavy atom. The van der Waals surface area contributed by atoms with Gasteiger partial charge in [0.15, 0.2) is 5.96 Å². The molecular weight excluding hydrogens is 470 g/mol. The van der Waals surface area contributed by atoms with Gasteiger partial charge in [0.05, 0.1) is 6.54 Å². The minimum absolute atomic E-state index is 0. The topological polar surface area (TPSA) is 42.9 Å². The lowest BCUT2D eigenvalue weighted by atomic mass is 10.1. The molecule has 0 aliphatic carbocycles. The molecule has 2 heterocycles. The van der Waals surface area contributed by atoms with Crippen LogP contribution in [0.3, 0.4) is 0 Å². The van der Waals surface area contributed by atoms with Crippen LogP contribution in [0.15, 0.2) is 4.99 Å². The summed E-state index contributed by atoms with van der Waals surface area (Å²) in [6.45, 7) is 4.61. The van der Waals surface area contributed by atoms with Crippen LogP contribution in [0.1, 0.15) is 44.9 Å². The number of halogens is 4. The summed E-state index contributed by atoms with van der Waals surface area (Å²) in [5.74, 6) is 0.694. The predicted molar refractivity (Wildman–Crippen MR) is 115 cm³/mol. The Kier molecular flexibility index (Phi) is 11.9. The van der Waals surface area contributed by atoms with Crippen LogP contribution in [0, 0.1) is 0 Å². The molecule has 0 spiro atoms. The summed E-state index contributed by atoms with van der Waals surface area (Å²) in [4.78, 5) is 8.20. The predicted octanol–water partition coefficient (Wildman–Crippen LogP) is 3.06. The number of piperidine rings is 1. The molecule has 0 radical (unpaired) electrons. The molecule has 5 nitrogen and oxygen atoms in total. The van der Waals surface area contributed by atoms with Gasteiger partial charge in [-0.15, -0.1) is 24.0 Å². The summed E-state index contributed by atoms with van der Waals surface area (Å²) in [5.41, 5.74) is 0. The first-order valence-corrected chi connectivity index (χ1v) is 9.95. The van der Waals surface area contributed by atoms with Gasteiger partial charge in [-0.05, 0) is 51.7 Å². The van der Waals surface area contributed by atoms with Crippen LogP contribution in [0.2, 0.25) is 0 Å². The SMILES string of the molecule is CN=C(NCCCCCN1CCCCC1)NC1CCN(CC(F)(F)F)C1.I. The summed E-state index contributed by atoms with van der Waals surface area (Å²) < 4.78 is 37.3. The molecule has 9 heteroatoms. The number of nitrogens with one attached hydrogen (secondary N) is 2. The van der Waals surface area contributed by atoms with Gasteiger partial charge >= 0.3 is 6.18 Å². The van der Waals surface area contributed by atoms with Crippen LogP contribution in [-0.4, -0.2) is 80.8 Å². The first kappa shape index (κ1) is 24.7. The quantitative estimate of drug-likeness (QED) is 0.231. The molecule has 2 aliphatic heterocycles. The monoisotopic (exact) mass is 505 g/mol. The van der Waals surface area contributed by atoms with E-state index < -0.39 is 12.7 Å². The highest BCUT2D eigenvalue weighted by atomic mass is 127. The third-order valence-electron chi connectivity index (χ3n) is 5.13. The van der Waals surface area contributed by atoms with E-state index in [1.165, 1.54) is 56.6 Å². The lowest BCUT2D eigenvalue weighted by Crippen LogP contribution is -2.45. The van der Waals surface area contributed by atoms with Gasteiger partial charge in [0.25, 0.3) is 0 Å². The number of rotatable bonds is 8. The van der Waals surface area contributed by atoms with E-state index in [0.29, 0.717) is 25.5 Å². The minimum Gasteiger partial charge on any atom is -0.356 e. The largest absolute Gasteiger partial charge is 0.401 e. The highest BCUT2D eigenvalue weighted by Crippen LogP contribution is 2.19. The lowest BCUT2D eigenvalue weighted by Gasteiger charge is -2.26. The van der Waals surface area contributed by atoms with Gasteiger partial charge < -0.3 is 15.5 Å². The second-order valence-electron chi connectivity index (χ2n) is 7.44. The average molecular weight is 505 g/mol. The van der Waals surface area contributed by atoms with E-state index in [1.807, 2.05) is 0 Å². The molecule has 2 fully saturated rings. The highest BCUT2D eigenvalue weighted by molar-refractivity contribution is 14.0. The van der Waals surface area contributed by atoms with Gasteiger partial charge in [-0.3, -0.25) is 9.89 Å². The smallest absolute Gasteiger partial charge is 0.356 e. The van der Waals surface area contributed by atoms with Crippen molar-refractivity contribution in [2.24, 2.45) is 4.99 Å². The zero-order valence-electron chi connectivity index (χ0n) is 16.4. The second kappa shape index (κ2) is 13.0. The molecule has 0 saturated carbocycles. The van der Waals surface area contributed by atoms with Crippen molar-refractivity contribution in [1.82, 2.24) is 20.4 Å². The minimum atomic E-state index is -4.12. The van der Waals surface area contributed by atoms with Crippen molar-refractivity contribution >= 4 is 29.9 Å². The Morgan fingerprint density at radius 3 is 2.44 bits per heavy atom. The van der Waals surface area contributed by atoms with Crippen LogP contribution >= 0.6 is 24.0 Å². The zero-order chi connectivity index (χ0) is 18.8. The zero-order valence-corrected chi connectivity index (χ0v) is 18.7. The fourth-order valence-corrected chi connectivity index (χ4v) is 3.76.